The monoisotopic (exact) mass is 331 g/mol. The van der Waals surface area contributed by atoms with Crippen molar-refractivity contribution >= 4 is 17.2 Å². The molecule has 3 rings (SSSR count). The zero-order chi connectivity index (χ0) is 16.6. The van der Waals surface area contributed by atoms with Gasteiger partial charge >= 0.3 is 0 Å². The quantitative estimate of drug-likeness (QED) is 0.933. The minimum Gasteiger partial charge on any atom is -0.390 e. The van der Waals surface area contributed by atoms with Crippen LogP contribution in [0.25, 0.3) is 10.4 Å². The molecule has 0 aliphatic carbocycles. The van der Waals surface area contributed by atoms with E-state index in [4.69, 9.17) is 0 Å². The smallest absolute Gasteiger partial charge is 0.264 e. The molecular formula is C17H21N3O2S. The third-order valence-corrected chi connectivity index (χ3v) is 5.42. The molecule has 1 amide bonds. The summed E-state index contributed by atoms with van der Waals surface area (Å²) in [7, 11) is 3.86. The van der Waals surface area contributed by atoms with Gasteiger partial charge in [0.15, 0.2) is 0 Å². The second-order valence-corrected chi connectivity index (χ2v) is 7.25. The zero-order valence-corrected chi connectivity index (χ0v) is 14.4. The fraction of sp³-hybridized carbons (Fsp3) is 0.412. The van der Waals surface area contributed by atoms with Crippen molar-refractivity contribution < 1.29 is 9.90 Å². The third-order valence-electron chi connectivity index (χ3n) is 4.31. The van der Waals surface area contributed by atoms with Gasteiger partial charge in [-0.15, -0.1) is 11.3 Å². The Kier molecular flexibility index (Phi) is 4.48. The van der Waals surface area contributed by atoms with Gasteiger partial charge < -0.3 is 14.9 Å². The van der Waals surface area contributed by atoms with Crippen LogP contribution >= 0.6 is 11.3 Å². The summed E-state index contributed by atoms with van der Waals surface area (Å²) in [5.74, 6) is -0.00337. The standard InChI is InChI=1S/C17H21N3O2S/c1-11-8-18-7-6-12(11)15-4-5-16(23-15)17(22)20-9-13(19(2)3)14(21)10-20/h4-8,13-14,21H,9-10H2,1-3H3/t13-,14-/m0/s1. The SMILES string of the molecule is Cc1cnccc1-c1ccc(C(=O)N2C[C@H](O)[C@@H](N(C)C)C2)s1. The maximum atomic E-state index is 12.7. The van der Waals surface area contributed by atoms with Crippen LogP contribution in [-0.4, -0.2) is 65.1 Å². The lowest BCUT2D eigenvalue weighted by Crippen LogP contribution is -2.38. The molecule has 1 saturated heterocycles. The van der Waals surface area contributed by atoms with E-state index >= 15 is 0 Å². The number of aromatic nitrogens is 1. The number of aliphatic hydroxyl groups excluding tert-OH is 1. The van der Waals surface area contributed by atoms with Crippen LogP contribution in [0.3, 0.4) is 0 Å². The van der Waals surface area contributed by atoms with E-state index in [1.807, 2.05) is 50.3 Å². The van der Waals surface area contributed by atoms with Gasteiger partial charge in [0, 0.05) is 30.4 Å². The molecule has 3 heterocycles. The Labute approximate surface area is 140 Å². The van der Waals surface area contributed by atoms with Crippen LogP contribution in [0.15, 0.2) is 30.6 Å². The summed E-state index contributed by atoms with van der Waals surface area (Å²) in [5, 5.41) is 10.1. The largest absolute Gasteiger partial charge is 0.390 e. The molecule has 122 valence electrons. The minimum absolute atomic E-state index is 0.000764. The number of aryl methyl sites for hydroxylation is 1. The van der Waals surface area contributed by atoms with E-state index in [9.17, 15) is 9.90 Å². The van der Waals surface area contributed by atoms with Gasteiger partial charge in [0.2, 0.25) is 0 Å². The molecule has 0 saturated carbocycles. The summed E-state index contributed by atoms with van der Waals surface area (Å²) in [5.41, 5.74) is 2.20. The third kappa shape index (κ3) is 3.15. The molecule has 2 atom stereocenters. The van der Waals surface area contributed by atoms with E-state index < -0.39 is 6.10 Å². The highest BCUT2D eigenvalue weighted by atomic mass is 32.1. The Morgan fingerprint density at radius 3 is 2.78 bits per heavy atom. The number of nitrogens with zero attached hydrogens (tertiary/aromatic N) is 3. The molecule has 5 nitrogen and oxygen atoms in total. The second-order valence-electron chi connectivity index (χ2n) is 6.16. The first-order chi connectivity index (χ1) is 11.0. The van der Waals surface area contributed by atoms with Crippen molar-refractivity contribution in [1.29, 1.82) is 0 Å². The van der Waals surface area contributed by atoms with E-state index in [0.717, 1.165) is 16.0 Å². The van der Waals surface area contributed by atoms with Crippen molar-refractivity contribution in [2.45, 2.75) is 19.1 Å². The van der Waals surface area contributed by atoms with Crippen molar-refractivity contribution in [3.05, 3.63) is 41.0 Å². The van der Waals surface area contributed by atoms with Gasteiger partial charge in [0.25, 0.3) is 5.91 Å². The van der Waals surface area contributed by atoms with Crippen molar-refractivity contribution in [1.82, 2.24) is 14.8 Å². The lowest BCUT2D eigenvalue weighted by atomic mass is 10.1. The topological polar surface area (TPSA) is 56.7 Å². The number of amides is 1. The van der Waals surface area contributed by atoms with Crippen LogP contribution in [0, 0.1) is 6.92 Å². The number of rotatable bonds is 3. The highest BCUT2D eigenvalue weighted by Gasteiger charge is 2.35. The molecule has 1 aliphatic heterocycles. The normalized spacial score (nSPS) is 21.2. The number of carbonyl (C=O) groups excluding carboxylic acids is 1. The van der Waals surface area contributed by atoms with Crippen LogP contribution in [0.5, 0.6) is 0 Å². The number of likely N-dealkylation sites (tertiary alicyclic amines) is 1. The average Bonchev–Trinajstić information content (AvgIpc) is 3.14. The van der Waals surface area contributed by atoms with Crippen LogP contribution < -0.4 is 0 Å². The highest BCUT2D eigenvalue weighted by Crippen LogP contribution is 2.31. The van der Waals surface area contributed by atoms with Gasteiger partial charge in [-0.05, 0) is 50.3 Å². The molecule has 2 aromatic rings. The molecule has 1 aliphatic rings. The molecule has 0 spiro atoms. The molecule has 2 aromatic heterocycles. The van der Waals surface area contributed by atoms with Gasteiger partial charge in [-0.3, -0.25) is 9.78 Å². The van der Waals surface area contributed by atoms with Crippen molar-refractivity contribution in [3.8, 4) is 10.4 Å². The Morgan fingerprint density at radius 1 is 1.35 bits per heavy atom. The average molecular weight is 331 g/mol. The number of hydrogen-bond donors (Lipinski definition) is 1. The number of carbonyl (C=O) groups is 1. The molecule has 0 unspecified atom stereocenters. The molecular weight excluding hydrogens is 310 g/mol. The maximum Gasteiger partial charge on any atom is 0.264 e. The molecule has 1 N–H and O–H groups in total. The van der Waals surface area contributed by atoms with Crippen molar-refractivity contribution in [2.24, 2.45) is 0 Å². The lowest BCUT2D eigenvalue weighted by molar-refractivity contribution is 0.0768. The van der Waals surface area contributed by atoms with Crippen LogP contribution in [0.2, 0.25) is 0 Å². The molecule has 6 heteroatoms. The Bertz CT molecular complexity index is 713. The minimum atomic E-state index is -0.490. The van der Waals surface area contributed by atoms with Crippen LogP contribution in [-0.2, 0) is 0 Å². The number of hydrogen-bond acceptors (Lipinski definition) is 5. The van der Waals surface area contributed by atoms with Gasteiger partial charge in [0.1, 0.15) is 0 Å². The number of thiophene rings is 1. The fourth-order valence-corrected chi connectivity index (χ4v) is 4.01. The first-order valence-electron chi connectivity index (χ1n) is 7.62. The fourth-order valence-electron chi connectivity index (χ4n) is 2.95. The van der Waals surface area contributed by atoms with Crippen molar-refractivity contribution in [3.63, 3.8) is 0 Å². The number of pyridine rings is 1. The molecule has 1 fully saturated rings. The summed E-state index contributed by atoms with van der Waals surface area (Å²) in [6.45, 7) is 2.97. The molecule has 0 bridgehead atoms. The van der Waals surface area contributed by atoms with Gasteiger partial charge in [-0.2, -0.15) is 0 Å². The predicted molar refractivity (Wildman–Crippen MR) is 91.7 cm³/mol. The number of likely N-dealkylation sites (N-methyl/N-ethyl adjacent to an activating group) is 1. The summed E-state index contributed by atoms with van der Waals surface area (Å²) < 4.78 is 0. The van der Waals surface area contributed by atoms with E-state index in [1.165, 1.54) is 11.3 Å². The van der Waals surface area contributed by atoms with E-state index in [0.29, 0.717) is 18.0 Å². The molecule has 0 radical (unpaired) electrons. The number of β-amino-alcohol motifs (C(OH)–C–C–N with tert-alkyl or cyclic N) is 1. The second kappa shape index (κ2) is 6.39. The predicted octanol–water partition coefficient (Wildman–Crippen LogP) is 1.87. The summed E-state index contributed by atoms with van der Waals surface area (Å²) >= 11 is 1.49. The molecule has 0 aromatic carbocycles. The maximum absolute atomic E-state index is 12.7. The summed E-state index contributed by atoms with van der Waals surface area (Å²) in [6, 6.07) is 5.83. The van der Waals surface area contributed by atoms with Gasteiger partial charge in [0.05, 0.1) is 17.0 Å². The van der Waals surface area contributed by atoms with Crippen LogP contribution in [0.1, 0.15) is 15.2 Å². The van der Waals surface area contributed by atoms with E-state index in [-0.39, 0.29) is 11.9 Å². The Morgan fingerprint density at radius 2 is 2.13 bits per heavy atom. The Balaban J connectivity index is 1.79. The van der Waals surface area contributed by atoms with E-state index in [1.54, 1.807) is 11.1 Å². The Hall–Kier alpha value is -1.76. The lowest BCUT2D eigenvalue weighted by Gasteiger charge is -2.21. The first-order valence-corrected chi connectivity index (χ1v) is 8.43. The zero-order valence-electron chi connectivity index (χ0n) is 13.6. The van der Waals surface area contributed by atoms with Crippen molar-refractivity contribution in [2.75, 3.05) is 27.2 Å². The van der Waals surface area contributed by atoms with Gasteiger partial charge in [-0.1, -0.05) is 0 Å². The van der Waals surface area contributed by atoms with Crippen LogP contribution in [0.4, 0.5) is 0 Å². The number of aliphatic hydroxyl groups is 1. The molecule has 23 heavy (non-hydrogen) atoms. The summed E-state index contributed by atoms with van der Waals surface area (Å²) in [4.78, 5) is 22.3. The summed E-state index contributed by atoms with van der Waals surface area (Å²) in [6.07, 6.45) is 3.10. The van der Waals surface area contributed by atoms with E-state index in [2.05, 4.69) is 4.98 Å². The highest BCUT2D eigenvalue weighted by molar-refractivity contribution is 7.17. The van der Waals surface area contributed by atoms with Gasteiger partial charge in [-0.25, -0.2) is 0 Å². The first kappa shape index (κ1) is 16.1.